The van der Waals surface area contributed by atoms with Crippen LogP contribution in [0.25, 0.3) is 22.5 Å². The minimum Gasteiger partial charge on any atom is -0.491 e. The van der Waals surface area contributed by atoms with Crippen LogP contribution in [0.4, 0.5) is 22.7 Å². The summed E-state index contributed by atoms with van der Waals surface area (Å²) < 4.78 is 12.0. The Morgan fingerprint density at radius 3 is 1.28 bits per heavy atom. The second kappa shape index (κ2) is 14.4. The molecule has 0 amide bonds. The fraction of sp³-hybridized carbons (Fsp3) is 0.118. The Labute approximate surface area is 262 Å². The number of benzene rings is 4. The number of hydrogen-bond acceptors (Lipinski definition) is 8. The van der Waals surface area contributed by atoms with Gasteiger partial charge in [0, 0.05) is 11.1 Å². The third-order valence-electron chi connectivity index (χ3n) is 6.93. The second-order valence-electron chi connectivity index (χ2n) is 10.1. The maximum Gasteiger partial charge on any atom is 0.292 e. The molecule has 4 N–H and O–H groups in total. The molecule has 0 aliphatic heterocycles. The van der Waals surface area contributed by atoms with E-state index < -0.39 is 0 Å². The number of H-pyrrole nitrogens is 4. The average Bonchev–Trinajstić information content (AvgIpc) is 3.67. The first-order valence-corrected chi connectivity index (χ1v) is 14.7. The summed E-state index contributed by atoms with van der Waals surface area (Å²) in [7, 11) is 0. The molecular formula is C34H30N8O4. The highest BCUT2D eigenvalue weighted by atomic mass is 16.5. The highest BCUT2D eigenvalue weighted by Crippen LogP contribution is 2.32. The predicted octanol–water partition coefficient (Wildman–Crippen LogP) is 8.12. The molecule has 6 rings (SSSR count). The van der Waals surface area contributed by atoms with Crippen molar-refractivity contribution in [2.24, 2.45) is 20.5 Å². The number of nitrogens with one attached hydrogen (secondary N) is 4. The molecule has 230 valence electrons. The van der Waals surface area contributed by atoms with Crippen molar-refractivity contribution in [2.45, 2.75) is 12.8 Å². The topological polar surface area (TPSA) is 165 Å². The third kappa shape index (κ3) is 7.08. The lowest BCUT2D eigenvalue weighted by Crippen LogP contribution is -2.02. The van der Waals surface area contributed by atoms with Crippen molar-refractivity contribution in [1.82, 2.24) is 20.4 Å². The number of azo groups is 2. The van der Waals surface area contributed by atoms with Crippen molar-refractivity contribution in [2.75, 3.05) is 13.2 Å². The molecule has 0 fully saturated rings. The van der Waals surface area contributed by atoms with Crippen LogP contribution in [0.5, 0.6) is 11.5 Å². The fourth-order valence-electron chi connectivity index (χ4n) is 4.62. The van der Waals surface area contributed by atoms with Crippen LogP contribution in [0.2, 0.25) is 0 Å². The highest BCUT2D eigenvalue weighted by Gasteiger charge is 2.13. The van der Waals surface area contributed by atoms with Crippen molar-refractivity contribution < 1.29 is 9.47 Å². The number of aromatic nitrogens is 4. The van der Waals surface area contributed by atoms with E-state index >= 15 is 0 Å². The van der Waals surface area contributed by atoms with E-state index in [-0.39, 0.29) is 22.5 Å². The zero-order valence-electron chi connectivity index (χ0n) is 24.6. The highest BCUT2D eigenvalue weighted by molar-refractivity contribution is 5.72. The van der Waals surface area contributed by atoms with Gasteiger partial charge in [-0.1, -0.05) is 84.9 Å². The Hall–Kier alpha value is -6.30. The Morgan fingerprint density at radius 2 is 0.848 bits per heavy atom. The number of para-hydroxylation sites is 2. The first-order chi connectivity index (χ1) is 22.7. The van der Waals surface area contributed by atoms with Crippen LogP contribution in [-0.4, -0.2) is 33.6 Å². The lowest BCUT2D eigenvalue weighted by atomic mass is 10.1. The van der Waals surface area contributed by atoms with Gasteiger partial charge in [-0.15, -0.1) is 20.5 Å². The van der Waals surface area contributed by atoms with Gasteiger partial charge in [0.05, 0.1) is 24.6 Å². The van der Waals surface area contributed by atoms with Gasteiger partial charge in [-0.05, 0) is 37.1 Å². The minimum atomic E-state index is -0.362. The summed E-state index contributed by atoms with van der Waals surface area (Å²) in [6, 6.07) is 33.4. The van der Waals surface area contributed by atoms with Gasteiger partial charge in [0.25, 0.3) is 11.1 Å². The first-order valence-electron chi connectivity index (χ1n) is 14.7. The Balaban J connectivity index is 1.03. The Bertz CT molecular complexity index is 1910. The van der Waals surface area contributed by atoms with Crippen molar-refractivity contribution in [3.8, 4) is 34.0 Å². The van der Waals surface area contributed by atoms with Crippen LogP contribution in [0.3, 0.4) is 0 Å². The summed E-state index contributed by atoms with van der Waals surface area (Å²) in [4.78, 5) is 24.8. The molecule has 0 aliphatic rings. The smallest absolute Gasteiger partial charge is 0.292 e. The van der Waals surface area contributed by atoms with E-state index in [2.05, 4.69) is 40.9 Å². The number of aromatic amines is 4. The number of hydrogen-bond donors (Lipinski definition) is 4. The van der Waals surface area contributed by atoms with Crippen molar-refractivity contribution >= 4 is 22.7 Å². The molecule has 0 saturated carbocycles. The van der Waals surface area contributed by atoms with E-state index in [1.807, 2.05) is 97.1 Å². The zero-order valence-corrected chi connectivity index (χ0v) is 24.6. The van der Waals surface area contributed by atoms with E-state index in [9.17, 15) is 9.59 Å². The number of nitrogens with zero attached hydrogens (tertiary/aromatic N) is 4. The number of unbranched alkanes of at least 4 members (excludes halogenated alkanes) is 1. The molecule has 12 heteroatoms. The molecule has 0 aliphatic carbocycles. The monoisotopic (exact) mass is 614 g/mol. The molecule has 0 unspecified atom stereocenters. The molecule has 2 aromatic heterocycles. The molecule has 46 heavy (non-hydrogen) atoms. The largest absolute Gasteiger partial charge is 0.491 e. The van der Waals surface area contributed by atoms with Gasteiger partial charge in [0.1, 0.15) is 22.9 Å². The second-order valence-corrected chi connectivity index (χ2v) is 10.1. The molecule has 0 atom stereocenters. The van der Waals surface area contributed by atoms with E-state index in [0.29, 0.717) is 60.3 Å². The first kappa shape index (κ1) is 29.8. The van der Waals surface area contributed by atoms with Crippen LogP contribution in [-0.2, 0) is 0 Å². The molecule has 0 radical (unpaired) electrons. The molecule has 0 spiro atoms. The van der Waals surface area contributed by atoms with Gasteiger partial charge in [-0.2, -0.15) is 0 Å². The fourth-order valence-corrected chi connectivity index (χ4v) is 4.62. The minimum absolute atomic E-state index is 0.189. The van der Waals surface area contributed by atoms with E-state index in [0.717, 1.165) is 11.1 Å². The van der Waals surface area contributed by atoms with Gasteiger partial charge in [-0.3, -0.25) is 30.0 Å². The summed E-state index contributed by atoms with van der Waals surface area (Å²) >= 11 is 0. The summed E-state index contributed by atoms with van der Waals surface area (Å²) in [6.45, 7) is 0.853. The molecular weight excluding hydrogens is 584 g/mol. The Morgan fingerprint density at radius 1 is 0.457 bits per heavy atom. The molecule has 0 saturated heterocycles. The predicted molar refractivity (Wildman–Crippen MR) is 175 cm³/mol. The van der Waals surface area contributed by atoms with Gasteiger partial charge in [-0.25, -0.2) is 0 Å². The lowest BCUT2D eigenvalue weighted by Gasteiger charge is -2.10. The van der Waals surface area contributed by atoms with Gasteiger partial charge < -0.3 is 9.47 Å². The molecule has 0 bridgehead atoms. The molecule has 6 aromatic rings. The Kier molecular flexibility index (Phi) is 9.35. The molecule has 2 heterocycles. The number of ether oxygens (including phenoxy) is 2. The quantitative estimate of drug-likeness (QED) is 0.0762. The maximum atomic E-state index is 12.4. The van der Waals surface area contributed by atoms with Crippen LogP contribution in [0.1, 0.15) is 12.8 Å². The maximum absolute atomic E-state index is 12.4. The van der Waals surface area contributed by atoms with Crippen LogP contribution in [0, 0.1) is 0 Å². The summed E-state index contributed by atoms with van der Waals surface area (Å²) in [5.74, 6) is 1.11. The van der Waals surface area contributed by atoms with Crippen LogP contribution >= 0.6 is 0 Å². The van der Waals surface area contributed by atoms with Crippen LogP contribution < -0.4 is 20.6 Å². The number of rotatable bonds is 13. The summed E-state index contributed by atoms with van der Waals surface area (Å²) in [5.41, 5.74) is 3.43. The van der Waals surface area contributed by atoms with Crippen molar-refractivity contribution in [1.29, 1.82) is 0 Å². The van der Waals surface area contributed by atoms with Crippen molar-refractivity contribution in [3.05, 3.63) is 130 Å². The van der Waals surface area contributed by atoms with Gasteiger partial charge in [0.2, 0.25) is 0 Å². The van der Waals surface area contributed by atoms with Crippen LogP contribution in [0.15, 0.2) is 139 Å². The lowest BCUT2D eigenvalue weighted by molar-refractivity contribution is 0.267. The molecule has 12 nitrogen and oxygen atoms in total. The molecule has 4 aromatic carbocycles. The SMILES string of the molecule is O=c1[nH][nH]c(-c2ccccc2)c1N=Nc1ccccc1OCCCCOc1ccccc1N=Nc1c(-c2ccccc2)[nH][nH]c1=O. The summed E-state index contributed by atoms with van der Waals surface area (Å²) in [5, 5.41) is 28.0. The van der Waals surface area contributed by atoms with Gasteiger partial charge >= 0.3 is 0 Å². The van der Waals surface area contributed by atoms with Crippen molar-refractivity contribution in [3.63, 3.8) is 0 Å². The normalized spacial score (nSPS) is 11.4. The third-order valence-corrected chi connectivity index (χ3v) is 6.93. The average molecular weight is 615 g/mol. The van der Waals surface area contributed by atoms with Gasteiger partial charge in [0.15, 0.2) is 11.4 Å². The standard InChI is InChI=1S/C34H30N8O4/c43-33-31(29(37-41-33)23-13-3-1-4-14-23)39-35-25-17-7-9-19-27(25)45-21-11-12-22-46-28-20-10-8-18-26(28)36-40-32-30(38-42-34(32)44)24-15-5-2-6-16-24/h1-10,13-20H,11-12,21-22H2,(H2,37,41,43)(H2,38,42,44). The van der Waals surface area contributed by atoms with E-state index in [4.69, 9.17) is 9.47 Å². The summed E-state index contributed by atoms with van der Waals surface area (Å²) in [6.07, 6.45) is 1.42. The van der Waals surface area contributed by atoms with E-state index in [1.165, 1.54) is 0 Å². The van der Waals surface area contributed by atoms with E-state index in [1.54, 1.807) is 12.1 Å². The zero-order chi connectivity index (χ0) is 31.6.